The second kappa shape index (κ2) is 5.55. The largest absolute Gasteiger partial charge is 0.281 e. The standard InChI is InChI=1S/C15H11BrClNO2S/c1-18-13(19)6-8-2-3-9(4-11(8)15(18)20)14(17)10-5-12(16)21-7-10/h2-5,7,14H,6H2,1H3. The molecule has 1 unspecified atom stereocenters. The molecule has 1 atom stereocenters. The highest BCUT2D eigenvalue weighted by Gasteiger charge is 2.28. The number of carbonyl (C=O) groups is 2. The lowest BCUT2D eigenvalue weighted by Crippen LogP contribution is -2.39. The summed E-state index contributed by atoms with van der Waals surface area (Å²) in [5.74, 6) is -0.442. The van der Waals surface area contributed by atoms with Crippen molar-refractivity contribution in [3.05, 3.63) is 55.7 Å². The molecule has 21 heavy (non-hydrogen) atoms. The van der Waals surface area contributed by atoms with Crippen LogP contribution in [0.15, 0.2) is 33.4 Å². The molecular weight excluding hydrogens is 374 g/mol. The number of hydrogen-bond donors (Lipinski definition) is 0. The van der Waals surface area contributed by atoms with Crippen LogP contribution in [-0.2, 0) is 11.2 Å². The maximum absolute atomic E-state index is 12.2. The van der Waals surface area contributed by atoms with Crippen molar-refractivity contribution < 1.29 is 9.59 Å². The van der Waals surface area contributed by atoms with Gasteiger partial charge in [-0.25, -0.2) is 0 Å². The molecule has 0 bridgehead atoms. The van der Waals surface area contributed by atoms with Gasteiger partial charge in [0.25, 0.3) is 5.91 Å². The summed E-state index contributed by atoms with van der Waals surface area (Å²) >= 11 is 11.5. The molecule has 1 aromatic heterocycles. The van der Waals surface area contributed by atoms with Gasteiger partial charge in [0.2, 0.25) is 5.91 Å². The van der Waals surface area contributed by atoms with Gasteiger partial charge in [-0.2, -0.15) is 0 Å². The van der Waals surface area contributed by atoms with Gasteiger partial charge in [0.05, 0.1) is 15.6 Å². The Morgan fingerprint density at radius 2 is 2.05 bits per heavy atom. The summed E-state index contributed by atoms with van der Waals surface area (Å²) in [7, 11) is 1.51. The monoisotopic (exact) mass is 383 g/mol. The van der Waals surface area contributed by atoms with Crippen molar-refractivity contribution in [3.63, 3.8) is 0 Å². The van der Waals surface area contributed by atoms with Gasteiger partial charge in [0, 0.05) is 12.6 Å². The zero-order valence-electron chi connectivity index (χ0n) is 11.1. The third kappa shape index (κ3) is 2.65. The molecule has 1 aliphatic rings. The smallest absolute Gasteiger partial charge is 0.260 e. The molecule has 1 aliphatic heterocycles. The van der Waals surface area contributed by atoms with E-state index in [-0.39, 0.29) is 23.6 Å². The van der Waals surface area contributed by atoms with Crippen LogP contribution in [0.3, 0.4) is 0 Å². The van der Waals surface area contributed by atoms with E-state index in [0.29, 0.717) is 5.56 Å². The second-order valence-corrected chi connectivity index (χ2v) is 7.62. The summed E-state index contributed by atoms with van der Waals surface area (Å²) in [4.78, 5) is 25.0. The van der Waals surface area contributed by atoms with Crippen LogP contribution in [0.4, 0.5) is 0 Å². The summed E-state index contributed by atoms with van der Waals surface area (Å²) in [6.07, 6.45) is 0.259. The van der Waals surface area contributed by atoms with Crippen LogP contribution < -0.4 is 0 Å². The predicted molar refractivity (Wildman–Crippen MR) is 87.0 cm³/mol. The van der Waals surface area contributed by atoms with Crippen molar-refractivity contribution in [2.75, 3.05) is 7.05 Å². The maximum atomic E-state index is 12.2. The Hall–Kier alpha value is -1.17. The topological polar surface area (TPSA) is 37.4 Å². The first-order valence-electron chi connectivity index (χ1n) is 6.29. The molecule has 108 valence electrons. The van der Waals surface area contributed by atoms with Crippen LogP contribution in [-0.4, -0.2) is 23.8 Å². The van der Waals surface area contributed by atoms with Gasteiger partial charge in [-0.05, 0) is 50.1 Å². The first-order chi connectivity index (χ1) is 9.97. The molecule has 3 nitrogen and oxygen atoms in total. The number of amides is 2. The number of benzene rings is 1. The lowest BCUT2D eigenvalue weighted by Gasteiger charge is -2.24. The van der Waals surface area contributed by atoms with E-state index in [0.717, 1.165) is 25.4 Å². The number of carbonyl (C=O) groups excluding carboxylic acids is 2. The van der Waals surface area contributed by atoms with Crippen molar-refractivity contribution in [1.29, 1.82) is 0 Å². The molecule has 6 heteroatoms. The average Bonchev–Trinajstić information content (AvgIpc) is 2.90. The second-order valence-electron chi connectivity index (χ2n) is 4.90. The Kier molecular flexibility index (Phi) is 3.90. The fraction of sp³-hybridized carbons (Fsp3) is 0.200. The molecule has 0 saturated carbocycles. The van der Waals surface area contributed by atoms with E-state index in [1.165, 1.54) is 7.05 Å². The van der Waals surface area contributed by atoms with Gasteiger partial charge in [-0.3, -0.25) is 14.5 Å². The first kappa shape index (κ1) is 14.8. The van der Waals surface area contributed by atoms with Gasteiger partial charge in [-0.1, -0.05) is 12.1 Å². The molecule has 3 rings (SSSR count). The fourth-order valence-corrected chi connectivity index (χ4v) is 3.87. The van der Waals surface area contributed by atoms with Gasteiger partial charge in [0.15, 0.2) is 0 Å². The summed E-state index contributed by atoms with van der Waals surface area (Å²) in [6.45, 7) is 0. The minimum absolute atomic E-state index is 0.176. The zero-order chi connectivity index (χ0) is 15.1. The quantitative estimate of drug-likeness (QED) is 0.580. The molecule has 2 heterocycles. The lowest BCUT2D eigenvalue weighted by molar-refractivity contribution is -0.127. The van der Waals surface area contributed by atoms with Crippen LogP contribution >= 0.6 is 38.9 Å². The van der Waals surface area contributed by atoms with E-state index in [1.807, 2.05) is 23.6 Å². The number of imide groups is 1. The number of fused-ring (bicyclic) bond motifs is 1. The summed E-state index contributed by atoms with van der Waals surface area (Å²) < 4.78 is 1.02. The third-order valence-corrected chi connectivity index (χ3v) is 5.58. The van der Waals surface area contributed by atoms with Crippen LogP contribution in [0.25, 0.3) is 0 Å². The number of likely N-dealkylation sites (N-methyl/N-ethyl adjacent to an activating group) is 1. The minimum Gasteiger partial charge on any atom is -0.281 e. The Morgan fingerprint density at radius 3 is 2.71 bits per heavy atom. The first-order valence-corrected chi connectivity index (χ1v) is 8.40. The molecule has 0 radical (unpaired) electrons. The Morgan fingerprint density at radius 1 is 1.29 bits per heavy atom. The number of halogens is 2. The Bertz CT molecular complexity index is 743. The number of hydrogen-bond acceptors (Lipinski definition) is 3. The fourth-order valence-electron chi connectivity index (χ4n) is 2.33. The van der Waals surface area contributed by atoms with E-state index in [1.54, 1.807) is 17.4 Å². The van der Waals surface area contributed by atoms with E-state index >= 15 is 0 Å². The van der Waals surface area contributed by atoms with Gasteiger partial charge < -0.3 is 0 Å². The number of alkyl halides is 1. The predicted octanol–water partition coefficient (Wildman–Crippen LogP) is 3.99. The molecule has 0 fully saturated rings. The Balaban J connectivity index is 2.00. The van der Waals surface area contributed by atoms with Gasteiger partial charge in [-0.15, -0.1) is 22.9 Å². The van der Waals surface area contributed by atoms with E-state index in [9.17, 15) is 9.59 Å². The molecule has 0 N–H and O–H groups in total. The van der Waals surface area contributed by atoms with Crippen LogP contribution in [0.1, 0.15) is 32.4 Å². The minimum atomic E-state index is -0.311. The van der Waals surface area contributed by atoms with Crippen molar-refractivity contribution in [2.45, 2.75) is 11.8 Å². The van der Waals surface area contributed by atoms with Gasteiger partial charge in [0.1, 0.15) is 0 Å². The van der Waals surface area contributed by atoms with Crippen LogP contribution in [0.5, 0.6) is 0 Å². The van der Waals surface area contributed by atoms with E-state index in [4.69, 9.17) is 11.6 Å². The highest BCUT2D eigenvalue weighted by atomic mass is 79.9. The highest BCUT2D eigenvalue weighted by molar-refractivity contribution is 9.11. The van der Waals surface area contributed by atoms with Crippen molar-refractivity contribution in [3.8, 4) is 0 Å². The molecule has 0 saturated heterocycles. The molecular formula is C15H11BrClNO2S. The molecule has 1 aromatic carbocycles. The molecule has 0 aliphatic carbocycles. The van der Waals surface area contributed by atoms with E-state index < -0.39 is 0 Å². The van der Waals surface area contributed by atoms with Crippen molar-refractivity contribution >= 4 is 50.7 Å². The molecule has 2 aromatic rings. The summed E-state index contributed by atoms with van der Waals surface area (Å²) in [5, 5.41) is 1.67. The van der Waals surface area contributed by atoms with Crippen molar-refractivity contribution in [2.24, 2.45) is 0 Å². The normalized spacial score (nSPS) is 16.0. The summed E-state index contributed by atoms with van der Waals surface area (Å²) in [5.41, 5.74) is 3.18. The van der Waals surface area contributed by atoms with Gasteiger partial charge >= 0.3 is 0 Å². The van der Waals surface area contributed by atoms with Crippen LogP contribution in [0.2, 0.25) is 0 Å². The van der Waals surface area contributed by atoms with E-state index in [2.05, 4.69) is 15.9 Å². The molecule has 0 spiro atoms. The Labute approximate surface area is 139 Å². The number of rotatable bonds is 2. The number of thiophene rings is 1. The third-order valence-electron chi connectivity index (χ3n) is 3.56. The average molecular weight is 385 g/mol. The SMILES string of the molecule is CN1C(=O)Cc2ccc(C(Cl)c3csc(Br)c3)cc2C1=O. The lowest BCUT2D eigenvalue weighted by atomic mass is 9.94. The van der Waals surface area contributed by atoms with Crippen molar-refractivity contribution in [1.82, 2.24) is 4.90 Å². The molecule has 2 amide bonds. The number of nitrogens with zero attached hydrogens (tertiary/aromatic N) is 1. The zero-order valence-corrected chi connectivity index (χ0v) is 14.3. The van der Waals surface area contributed by atoms with Crippen LogP contribution in [0, 0.1) is 0 Å². The highest BCUT2D eigenvalue weighted by Crippen LogP contribution is 2.35. The maximum Gasteiger partial charge on any atom is 0.260 e. The summed E-state index contributed by atoms with van der Waals surface area (Å²) in [6, 6.07) is 7.47.